The molecule has 3 N–H and O–H groups in total. The smallest absolute Gasteiger partial charge is 0.237 e. The average molecular weight is 289 g/mol. The number of rotatable bonds is 6. The van der Waals surface area contributed by atoms with E-state index in [1.165, 1.54) is 5.56 Å². The summed E-state index contributed by atoms with van der Waals surface area (Å²) in [7, 11) is 0. The second-order valence-corrected chi connectivity index (χ2v) is 5.87. The summed E-state index contributed by atoms with van der Waals surface area (Å²) in [5.74, 6) is 0.000218. The highest BCUT2D eigenvalue weighted by Crippen LogP contribution is 2.11. The molecule has 0 bridgehead atoms. The maximum atomic E-state index is 11.8. The van der Waals surface area contributed by atoms with Crippen LogP contribution in [0.3, 0.4) is 0 Å². The van der Waals surface area contributed by atoms with Crippen LogP contribution >= 0.6 is 0 Å². The Bertz CT molecular complexity index is 427. The van der Waals surface area contributed by atoms with Crippen molar-refractivity contribution in [1.29, 1.82) is 0 Å². The van der Waals surface area contributed by atoms with E-state index in [2.05, 4.69) is 40.5 Å². The summed E-state index contributed by atoms with van der Waals surface area (Å²) in [4.78, 5) is 14.3. The molecule has 0 unspecified atom stereocenters. The summed E-state index contributed by atoms with van der Waals surface area (Å²) in [5, 5.41) is 3.07. The number of nitrogens with two attached hydrogens (primary N) is 1. The minimum Gasteiger partial charge on any atom is -0.352 e. The first-order chi connectivity index (χ1) is 10.2. The molecular formula is C17H27N3O. The van der Waals surface area contributed by atoms with E-state index in [0.29, 0.717) is 12.5 Å². The number of hydrogen-bond donors (Lipinski definition) is 2. The molecule has 2 rings (SSSR count). The zero-order valence-electron chi connectivity index (χ0n) is 12.9. The average Bonchev–Trinajstić information content (AvgIpc) is 2.54. The molecule has 116 valence electrons. The maximum Gasteiger partial charge on any atom is 0.237 e. The minimum atomic E-state index is -0.360. The maximum absolute atomic E-state index is 11.8. The summed E-state index contributed by atoms with van der Waals surface area (Å²) in [6.45, 7) is 5.15. The van der Waals surface area contributed by atoms with Gasteiger partial charge in [0.05, 0.1) is 6.04 Å². The van der Waals surface area contributed by atoms with Crippen LogP contribution in [0.5, 0.6) is 0 Å². The Kier molecular flexibility index (Phi) is 6.21. The third-order valence-corrected chi connectivity index (χ3v) is 4.27. The normalized spacial score (nSPS) is 18.4. The number of carbonyl (C=O) groups is 1. The third-order valence-electron chi connectivity index (χ3n) is 4.27. The van der Waals surface area contributed by atoms with Crippen LogP contribution in [0.1, 0.15) is 31.7 Å². The lowest BCUT2D eigenvalue weighted by Gasteiger charge is -2.32. The summed E-state index contributed by atoms with van der Waals surface area (Å²) >= 11 is 0. The van der Waals surface area contributed by atoms with Gasteiger partial charge in [-0.2, -0.15) is 0 Å². The molecule has 0 radical (unpaired) electrons. The molecule has 4 nitrogen and oxygen atoms in total. The molecule has 1 aromatic rings. The number of carbonyl (C=O) groups excluding carboxylic acids is 1. The summed E-state index contributed by atoms with van der Waals surface area (Å²) in [6, 6.07) is 10.5. The summed E-state index contributed by atoms with van der Waals surface area (Å²) in [6.07, 6.45) is 3.84. The van der Waals surface area contributed by atoms with E-state index in [1.54, 1.807) is 0 Å². The monoisotopic (exact) mass is 289 g/mol. The second-order valence-electron chi connectivity index (χ2n) is 5.87. The topological polar surface area (TPSA) is 58.4 Å². The lowest BCUT2D eigenvalue weighted by molar-refractivity contribution is -0.123. The highest BCUT2D eigenvalue weighted by molar-refractivity contribution is 5.81. The zero-order chi connectivity index (χ0) is 15.1. The molecule has 1 amide bonds. The molecule has 1 atom stereocenters. The van der Waals surface area contributed by atoms with Gasteiger partial charge < -0.3 is 16.0 Å². The van der Waals surface area contributed by atoms with Gasteiger partial charge in [0, 0.05) is 25.7 Å². The molecule has 1 fully saturated rings. The van der Waals surface area contributed by atoms with Crippen LogP contribution in [0.2, 0.25) is 0 Å². The number of benzene rings is 1. The predicted octanol–water partition coefficient (Wildman–Crippen LogP) is 1.55. The molecule has 1 heterocycles. The largest absolute Gasteiger partial charge is 0.352 e. The van der Waals surface area contributed by atoms with E-state index < -0.39 is 0 Å². The van der Waals surface area contributed by atoms with Crippen molar-refractivity contribution in [2.75, 3.05) is 19.6 Å². The number of nitrogens with one attached hydrogen (secondary N) is 1. The molecule has 1 aromatic carbocycles. The van der Waals surface area contributed by atoms with Crippen LogP contribution in [0.4, 0.5) is 0 Å². The van der Waals surface area contributed by atoms with Crippen molar-refractivity contribution in [3.8, 4) is 0 Å². The van der Waals surface area contributed by atoms with Gasteiger partial charge in [0.25, 0.3) is 0 Å². The van der Waals surface area contributed by atoms with E-state index in [1.807, 2.05) is 6.92 Å². The Morgan fingerprint density at radius 2 is 2.00 bits per heavy atom. The molecule has 0 spiro atoms. The Labute approximate surface area is 127 Å². The van der Waals surface area contributed by atoms with Crippen molar-refractivity contribution in [2.24, 2.45) is 5.73 Å². The number of piperidine rings is 1. The second kappa shape index (κ2) is 8.15. The van der Waals surface area contributed by atoms with Gasteiger partial charge in [-0.25, -0.2) is 0 Å². The standard InChI is InChI=1S/C17H27N3O/c1-2-16(18)17(21)19-15-9-12-20(13-10-15)11-8-14-6-4-3-5-7-14/h3-7,15-16H,2,8-13,18H2,1H3,(H,19,21)/t16-/m0/s1. The minimum absolute atomic E-state index is 0.000218. The molecule has 1 saturated heterocycles. The molecule has 1 aliphatic heterocycles. The fourth-order valence-electron chi connectivity index (χ4n) is 2.73. The van der Waals surface area contributed by atoms with Gasteiger partial charge in [-0.3, -0.25) is 4.79 Å². The Hall–Kier alpha value is -1.39. The summed E-state index contributed by atoms with van der Waals surface area (Å²) in [5.41, 5.74) is 7.14. The van der Waals surface area contributed by atoms with Crippen LogP contribution in [-0.2, 0) is 11.2 Å². The van der Waals surface area contributed by atoms with Crippen molar-refractivity contribution >= 4 is 5.91 Å². The Morgan fingerprint density at radius 3 is 2.62 bits per heavy atom. The highest BCUT2D eigenvalue weighted by Gasteiger charge is 2.22. The van der Waals surface area contributed by atoms with E-state index in [0.717, 1.165) is 38.9 Å². The van der Waals surface area contributed by atoms with Crippen LogP contribution in [-0.4, -0.2) is 42.5 Å². The molecule has 4 heteroatoms. The molecule has 0 aromatic heterocycles. The van der Waals surface area contributed by atoms with E-state index >= 15 is 0 Å². The van der Waals surface area contributed by atoms with Gasteiger partial charge in [-0.05, 0) is 31.2 Å². The molecule has 1 aliphatic rings. The molecule has 21 heavy (non-hydrogen) atoms. The van der Waals surface area contributed by atoms with Crippen molar-refractivity contribution in [2.45, 2.75) is 44.7 Å². The fourth-order valence-corrected chi connectivity index (χ4v) is 2.73. The molecule has 0 saturated carbocycles. The van der Waals surface area contributed by atoms with E-state index in [9.17, 15) is 4.79 Å². The number of amides is 1. The quantitative estimate of drug-likeness (QED) is 0.835. The Morgan fingerprint density at radius 1 is 1.33 bits per heavy atom. The lowest BCUT2D eigenvalue weighted by atomic mass is 10.0. The van der Waals surface area contributed by atoms with E-state index in [4.69, 9.17) is 5.73 Å². The number of hydrogen-bond acceptors (Lipinski definition) is 3. The predicted molar refractivity (Wildman–Crippen MR) is 86.0 cm³/mol. The first-order valence-electron chi connectivity index (χ1n) is 8.01. The number of likely N-dealkylation sites (tertiary alicyclic amines) is 1. The van der Waals surface area contributed by atoms with Crippen LogP contribution in [0, 0.1) is 0 Å². The zero-order valence-corrected chi connectivity index (χ0v) is 12.9. The first-order valence-corrected chi connectivity index (χ1v) is 8.01. The van der Waals surface area contributed by atoms with Crippen LogP contribution in [0.25, 0.3) is 0 Å². The van der Waals surface area contributed by atoms with E-state index in [-0.39, 0.29) is 11.9 Å². The van der Waals surface area contributed by atoms with Gasteiger partial charge in [-0.1, -0.05) is 37.3 Å². The van der Waals surface area contributed by atoms with Gasteiger partial charge in [0.2, 0.25) is 5.91 Å². The molecule has 0 aliphatic carbocycles. The van der Waals surface area contributed by atoms with Gasteiger partial charge in [0.1, 0.15) is 0 Å². The van der Waals surface area contributed by atoms with Crippen LogP contribution < -0.4 is 11.1 Å². The van der Waals surface area contributed by atoms with Crippen molar-refractivity contribution in [3.05, 3.63) is 35.9 Å². The van der Waals surface area contributed by atoms with Crippen LogP contribution in [0.15, 0.2) is 30.3 Å². The van der Waals surface area contributed by atoms with Crippen molar-refractivity contribution in [1.82, 2.24) is 10.2 Å². The SMILES string of the molecule is CC[C@H](N)C(=O)NC1CCN(CCc2ccccc2)CC1. The van der Waals surface area contributed by atoms with Gasteiger partial charge in [-0.15, -0.1) is 0 Å². The van der Waals surface area contributed by atoms with Crippen molar-refractivity contribution < 1.29 is 4.79 Å². The fraction of sp³-hybridized carbons (Fsp3) is 0.588. The Balaban J connectivity index is 1.67. The first kappa shape index (κ1) is 16.0. The summed E-state index contributed by atoms with van der Waals surface area (Å²) < 4.78 is 0. The van der Waals surface area contributed by atoms with Gasteiger partial charge >= 0.3 is 0 Å². The van der Waals surface area contributed by atoms with Crippen molar-refractivity contribution in [3.63, 3.8) is 0 Å². The number of nitrogens with zero attached hydrogens (tertiary/aromatic N) is 1. The van der Waals surface area contributed by atoms with Gasteiger partial charge in [0.15, 0.2) is 0 Å². The third kappa shape index (κ3) is 5.14. The lowest BCUT2D eigenvalue weighted by Crippen LogP contribution is -2.49. The molecular weight excluding hydrogens is 262 g/mol. The highest BCUT2D eigenvalue weighted by atomic mass is 16.2.